The van der Waals surface area contributed by atoms with Crippen molar-refractivity contribution in [3.05, 3.63) is 35.4 Å². The number of aliphatic imine (C=N–C) groups is 1. The first-order chi connectivity index (χ1) is 9.78. The van der Waals surface area contributed by atoms with Crippen LogP contribution in [0, 0.1) is 0 Å². The average molecular weight is 301 g/mol. The number of rotatable bonds is 4. The molecule has 0 unspecified atom stereocenters. The molecule has 1 aliphatic carbocycles. The van der Waals surface area contributed by atoms with Crippen molar-refractivity contribution >= 4 is 5.96 Å². The SMILES string of the molecule is NC(=NCc1cccc(C(F)(F)F)c1)NCC1(O)CCC1. The Morgan fingerprint density at radius 1 is 1.38 bits per heavy atom. The minimum atomic E-state index is -4.36. The first-order valence-corrected chi connectivity index (χ1v) is 6.71. The van der Waals surface area contributed by atoms with Gasteiger partial charge in [-0.3, -0.25) is 0 Å². The van der Waals surface area contributed by atoms with Crippen LogP contribution in [0.5, 0.6) is 0 Å². The van der Waals surface area contributed by atoms with Crippen LogP contribution in [-0.2, 0) is 12.7 Å². The topological polar surface area (TPSA) is 70.6 Å². The zero-order valence-electron chi connectivity index (χ0n) is 11.5. The second-order valence-electron chi connectivity index (χ2n) is 5.33. The van der Waals surface area contributed by atoms with Gasteiger partial charge in [0, 0.05) is 6.54 Å². The molecule has 0 aromatic heterocycles. The number of hydrogen-bond acceptors (Lipinski definition) is 2. The first-order valence-electron chi connectivity index (χ1n) is 6.71. The lowest BCUT2D eigenvalue weighted by Gasteiger charge is -2.36. The van der Waals surface area contributed by atoms with Crippen molar-refractivity contribution in [3.8, 4) is 0 Å². The zero-order valence-corrected chi connectivity index (χ0v) is 11.5. The smallest absolute Gasteiger partial charge is 0.388 e. The van der Waals surface area contributed by atoms with Gasteiger partial charge in [0.2, 0.25) is 0 Å². The molecular formula is C14H18F3N3O. The van der Waals surface area contributed by atoms with Crippen molar-refractivity contribution in [1.82, 2.24) is 5.32 Å². The Morgan fingerprint density at radius 2 is 2.10 bits per heavy atom. The van der Waals surface area contributed by atoms with E-state index in [1.54, 1.807) is 6.07 Å². The van der Waals surface area contributed by atoms with Gasteiger partial charge in [0.05, 0.1) is 17.7 Å². The van der Waals surface area contributed by atoms with Crippen LogP contribution in [0.1, 0.15) is 30.4 Å². The summed E-state index contributed by atoms with van der Waals surface area (Å²) in [5.41, 5.74) is 4.64. The molecule has 1 fully saturated rings. The Balaban J connectivity index is 1.90. The number of nitrogens with two attached hydrogens (primary N) is 1. The van der Waals surface area contributed by atoms with E-state index < -0.39 is 17.3 Å². The molecule has 1 saturated carbocycles. The van der Waals surface area contributed by atoms with Gasteiger partial charge in [0.25, 0.3) is 0 Å². The van der Waals surface area contributed by atoms with Crippen LogP contribution in [0.3, 0.4) is 0 Å². The molecule has 21 heavy (non-hydrogen) atoms. The maximum atomic E-state index is 12.6. The Morgan fingerprint density at radius 3 is 2.67 bits per heavy atom. The van der Waals surface area contributed by atoms with Gasteiger partial charge in [0.1, 0.15) is 0 Å². The molecule has 0 amide bonds. The van der Waals surface area contributed by atoms with E-state index >= 15 is 0 Å². The van der Waals surface area contributed by atoms with Crippen LogP contribution in [0.25, 0.3) is 0 Å². The molecule has 0 aliphatic heterocycles. The number of nitrogens with one attached hydrogen (secondary N) is 1. The van der Waals surface area contributed by atoms with E-state index in [1.165, 1.54) is 6.07 Å². The van der Waals surface area contributed by atoms with Crippen molar-refractivity contribution in [2.24, 2.45) is 10.7 Å². The molecule has 116 valence electrons. The average Bonchev–Trinajstić information content (AvgIpc) is 2.40. The largest absolute Gasteiger partial charge is 0.416 e. The molecule has 0 bridgehead atoms. The van der Waals surface area contributed by atoms with Crippen LogP contribution in [-0.4, -0.2) is 23.2 Å². The molecule has 1 aliphatic rings. The van der Waals surface area contributed by atoms with Crippen molar-refractivity contribution in [2.75, 3.05) is 6.54 Å². The molecule has 4 nitrogen and oxygen atoms in total. The van der Waals surface area contributed by atoms with Gasteiger partial charge in [-0.1, -0.05) is 12.1 Å². The highest BCUT2D eigenvalue weighted by molar-refractivity contribution is 5.77. The Kier molecular flexibility index (Phi) is 4.41. The summed E-state index contributed by atoms with van der Waals surface area (Å²) in [6.45, 7) is 0.367. The van der Waals surface area contributed by atoms with Gasteiger partial charge in [-0.2, -0.15) is 13.2 Å². The van der Waals surface area contributed by atoms with Crippen LogP contribution in [0.2, 0.25) is 0 Å². The molecule has 2 rings (SSSR count). The minimum absolute atomic E-state index is 0.0567. The molecule has 0 saturated heterocycles. The minimum Gasteiger partial charge on any atom is -0.388 e. The number of hydrogen-bond donors (Lipinski definition) is 3. The van der Waals surface area contributed by atoms with E-state index in [4.69, 9.17) is 5.73 Å². The van der Waals surface area contributed by atoms with E-state index in [1.807, 2.05) is 0 Å². The molecule has 0 spiro atoms. The van der Waals surface area contributed by atoms with E-state index in [0.717, 1.165) is 31.4 Å². The number of benzene rings is 1. The summed E-state index contributed by atoms with van der Waals surface area (Å²) >= 11 is 0. The summed E-state index contributed by atoms with van der Waals surface area (Å²) in [6.07, 6.45) is -1.93. The molecule has 1 aromatic carbocycles. The second-order valence-corrected chi connectivity index (χ2v) is 5.33. The standard InChI is InChI=1S/C14H18F3N3O/c15-14(16,17)11-4-1-3-10(7-11)8-19-12(18)20-9-13(21)5-2-6-13/h1,3-4,7,21H,2,5-6,8-9H2,(H3,18,19,20). The molecule has 0 heterocycles. The van der Waals surface area contributed by atoms with Crippen molar-refractivity contribution in [3.63, 3.8) is 0 Å². The monoisotopic (exact) mass is 301 g/mol. The van der Waals surface area contributed by atoms with Gasteiger partial charge >= 0.3 is 6.18 Å². The Hall–Kier alpha value is -1.76. The summed E-state index contributed by atoms with van der Waals surface area (Å²) in [5, 5.41) is 12.7. The highest BCUT2D eigenvalue weighted by atomic mass is 19.4. The molecule has 0 radical (unpaired) electrons. The van der Waals surface area contributed by atoms with E-state index in [9.17, 15) is 18.3 Å². The van der Waals surface area contributed by atoms with E-state index in [-0.39, 0.29) is 12.5 Å². The van der Waals surface area contributed by atoms with Crippen LogP contribution >= 0.6 is 0 Å². The molecule has 0 atom stereocenters. The number of halogens is 3. The van der Waals surface area contributed by atoms with Gasteiger partial charge in [-0.15, -0.1) is 0 Å². The summed E-state index contributed by atoms with van der Waals surface area (Å²) in [5.74, 6) is 0.118. The second kappa shape index (κ2) is 5.93. The Bertz CT molecular complexity index is 524. The highest BCUT2D eigenvalue weighted by Gasteiger charge is 2.34. The van der Waals surface area contributed by atoms with Gasteiger partial charge in [-0.25, -0.2) is 4.99 Å². The van der Waals surface area contributed by atoms with Gasteiger partial charge in [-0.05, 0) is 37.0 Å². The van der Waals surface area contributed by atoms with Crippen molar-refractivity contribution in [2.45, 2.75) is 37.6 Å². The maximum absolute atomic E-state index is 12.6. The van der Waals surface area contributed by atoms with Crippen molar-refractivity contribution < 1.29 is 18.3 Å². The third-order valence-corrected chi connectivity index (χ3v) is 3.57. The molecule has 4 N–H and O–H groups in total. The highest BCUT2D eigenvalue weighted by Crippen LogP contribution is 2.31. The summed E-state index contributed by atoms with van der Waals surface area (Å²) in [7, 11) is 0. The zero-order chi connectivity index (χ0) is 15.5. The third-order valence-electron chi connectivity index (χ3n) is 3.57. The van der Waals surface area contributed by atoms with Gasteiger partial charge < -0.3 is 16.2 Å². The Labute approximate surface area is 120 Å². The maximum Gasteiger partial charge on any atom is 0.416 e. The first kappa shape index (κ1) is 15.6. The van der Waals surface area contributed by atoms with E-state index in [2.05, 4.69) is 10.3 Å². The number of aliphatic hydroxyl groups is 1. The fourth-order valence-corrected chi connectivity index (χ4v) is 2.10. The van der Waals surface area contributed by atoms with Crippen LogP contribution in [0.4, 0.5) is 13.2 Å². The fourth-order valence-electron chi connectivity index (χ4n) is 2.10. The summed E-state index contributed by atoms with van der Waals surface area (Å²) in [6, 6.07) is 4.97. The summed E-state index contributed by atoms with van der Waals surface area (Å²) < 4.78 is 37.7. The van der Waals surface area contributed by atoms with E-state index in [0.29, 0.717) is 12.1 Å². The van der Waals surface area contributed by atoms with Gasteiger partial charge in [0.15, 0.2) is 5.96 Å². The number of alkyl halides is 3. The van der Waals surface area contributed by atoms with Crippen LogP contribution in [0.15, 0.2) is 29.3 Å². The molecule has 7 heteroatoms. The number of guanidine groups is 1. The normalized spacial score (nSPS) is 18.2. The molecular weight excluding hydrogens is 283 g/mol. The lowest BCUT2D eigenvalue weighted by molar-refractivity contribution is -0.137. The lowest BCUT2D eigenvalue weighted by atomic mass is 9.80. The predicted molar refractivity (Wildman–Crippen MR) is 73.6 cm³/mol. The third kappa shape index (κ3) is 4.35. The quantitative estimate of drug-likeness (QED) is 0.588. The predicted octanol–water partition coefficient (Wildman–Crippen LogP) is 2.02. The molecule has 1 aromatic rings. The summed E-state index contributed by atoms with van der Waals surface area (Å²) in [4.78, 5) is 3.98. The lowest BCUT2D eigenvalue weighted by Crippen LogP contribution is -2.49. The fraction of sp³-hybridized carbons (Fsp3) is 0.500. The van der Waals surface area contributed by atoms with Crippen LogP contribution < -0.4 is 11.1 Å². The number of nitrogens with zero attached hydrogens (tertiary/aromatic N) is 1. The van der Waals surface area contributed by atoms with Crippen molar-refractivity contribution in [1.29, 1.82) is 0 Å².